The molecule has 102 valence electrons. The summed E-state index contributed by atoms with van der Waals surface area (Å²) in [6.07, 6.45) is 2.05. The number of phenolic OH excluding ortho intramolecular Hbond substituents is 1. The molecule has 4 nitrogen and oxygen atoms in total. The zero-order chi connectivity index (χ0) is 13.8. The zero-order valence-corrected chi connectivity index (χ0v) is 11.9. The van der Waals surface area contributed by atoms with Gasteiger partial charge in [0.2, 0.25) is 0 Å². The Balaban J connectivity index is 2.46. The normalized spacial score (nSPS) is 15.3. The van der Waals surface area contributed by atoms with Crippen molar-refractivity contribution in [3.8, 4) is 5.75 Å². The molecule has 0 aliphatic carbocycles. The van der Waals surface area contributed by atoms with Gasteiger partial charge in [-0.05, 0) is 38.0 Å². The molecule has 0 heterocycles. The van der Waals surface area contributed by atoms with Gasteiger partial charge in [0.25, 0.3) is 0 Å². The van der Waals surface area contributed by atoms with Crippen LogP contribution in [0.2, 0.25) is 0 Å². The lowest BCUT2D eigenvalue weighted by Gasteiger charge is -2.19. The van der Waals surface area contributed by atoms with Crippen LogP contribution in [0.3, 0.4) is 0 Å². The monoisotopic (exact) mass is 271 g/mol. The van der Waals surface area contributed by atoms with Crippen molar-refractivity contribution in [2.45, 2.75) is 32.4 Å². The van der Waals surface area contributed by atoms with Crippen LogP contribution in [0.1, 0.15) is 19.4 Å². The molecule has 0 aliphatic heterocycles. The summed E-state index contributed by atoms with van der Waals surface area (Å²) in [4.78, 5) is 0. The second-order valence-corrected chi connectivity index (χ2v) is 7.12. The number of phenols is 1. The Morgan fingerprint density at radius 3 is 2.22 bits per heavy atom. The molecule has 2 unspecified atom stereocenters. The molecule has 5 heteroatoms. The third-order valence-corrected chi connectivity index (χ3v) is 3.71. The van der Waals surface area contributed by atoms with Crippen LogP contribution in [0.5, 0.6) is 5.75 Å². The van der Waals surface area contributed by atoms with Gasteiger partial charge in [-0.15, -0.1) is 0 Å². The molecule has 0 bridgehead atoms. The Bertz CT molecular complexity index is 468. The Morgan fingerprint density at radius 2 is 1.72 bits per heavy atom. The molecular weight excluding hydrogens is 250 g/mol. The van der Waals surface area contributed by atoms with E-state index in [4.69, 9.17) is 0 Å². The third-order valence-electron chi connectivity index (χ3n) is 2.60. The largest absolute Gasteiger partial charge is 0.508 e. The number of nitrogens with one attached hydrogen (secondary N) is 1. The summed E-state index contributed by atoms with van der Waals surface area (Å²) in [5, 5.41) is 12.4. The van der Waals surface area contributed by atoms with E-state index in [-0.39, 0.29) is 23.6 Å². The molecule has 2 N–H and O–H groups in total. The van der Waals surface area contributed by atoms with Crippen LogP contribution >= 0.6 is 0 Å². The van der Waals surface area contributed by atoms with Crippen LogP contribution in [0.25, 0.3) is 0 Å². The lowest BCUT2D eigenvalue weighted by molar-refractivity contribution is 0.472. The van der Waals surface area contributed by atoms with Crippen molar-refractivity contribution >= 4 is 9.84 Å². The number of benzene rings is 1. The molecule has 1 rings (SSSR count). The van der Waals surface area contributed by atoms with Gasteiger partial charge in [-0.1, -0.05) is 12.1 Å². The number of rotatable bonds is 6. The van der Waals surface area contributed by atoms with Gasteiger partial charge in [-0.2, -0.15) is 0 Å². The number of hydrogen-bond acceptors (Lipinski definition) is 4. The molecule has 0 aliphatic rings. The summed E-state index contributed by atoms with van der Waals surface area (Å²) < 4.78 is 22.3. The molecule has 0 radical (unpaired) electrons. The first kappa shape index (κ1) is 15.0. The molecule has 0 fully saturated rings. The van der Waals surface area contributed by atoms with Crippen molar-refractivity contribution in [2.24, 2.45) is 0 Å². The van der Waals surface area contributed by atoms with Gasteiger partial charge >= 0.3 is 0 Å². The van der Waals surface area contributed by atoms with Crippen LogP contribution in [-0.2, 0) is 16.3 Å². The summed E-state index contributed by atoms with van der Waals surface area (Å²) in [5.74, 6) is 0.400. The van der Waals surface area contributed by atoms with E-state index in [1.807, 2.05) is 26.0 Å². The van der Waals surface area contributed by atoms with Crippen molar-refractivity contribution in [3.05, 3.63) is 29.8 Å². The van der Waals surface area contributed by atoms with E-state index >= 15 is 0 Å². The number of hydrogen-bond donors (Lipinski definition) is 2. The van der Waals surface area contributed by atoms with Gasteiger partial charge in [-0.3, -0.25) is 0 Å². The van der Waals surface area contributed by atoms with Gasteiger partial charge in [0, 0.05) is 18.3 Å². The standard InChI is InChI=1S/C13H21NO3S/c1-10(14-11(2)9-18(3,16)17)8-12-4-6-13(15)7-5-12/h4-7,10-11,14-15H,8-9H2,1-3H3. The summed E-state index contributed by atoms with van der Waals surface area (Å²) in [5.41, 5.74) is 1.11. The van der Waals surface area contributed by atoms with Crippen LogP contribution in [0.15, 0.2) is 24.3 Å². The van der Waals surface area contributed by atoms with Crippen molar-refractivity contribution in [2.75, 3.05) is 12.0 Å². The average Bonchev–Trinajstić information content (AvgIpc) is 2.18. The second kappa shape index (κ2) is 6.20. The highest BCUT2D eigenvalue weighted by Gasteiger charge is 2.13. The fourth-order valence-electron chi connectivity index (χ4n) is 2.03. The van der Waals surface area contributed by atoms with Crippen LogP contribution < -0.4 is 5.32 Å². The third kappa shape index (κ3) is 6.02. The lowest BCUT2D eigenvalue weighted by atomic mass is 10.1. The van der Waals surface area contributed by atoms with E-state index in [2.05, 4.69) is 5.32 Å². The molecule has 1 aromatic carbocycles. The van der Waals surface area contributed by atoms with Crippen molar-refractivity contribution in [1.82, 2.24) is 5.32 Å². The van der Waals surface area contributed by atoms with Crippen molar-refractivity contribution in [3.63, 3.8) is 0 Å². The summed E-state index contributed by atoms with van der Waals surface area (Å²) in [7, 11) is -2.94. The predicted molar refractivity (Wildman–Crippen MR) is 73.6 cm³/mol. The van der Waals surface area contributed by atoms with Gasteiger partial charge in [0.15, 0.2) is 0 Å². The van der Waals surface area contributed by atoms with Crippen LogP contribution in [-0.4, -0.2) is 37.6 Å². The molecule has 0 saturated heterocycles. The van der Waals surface area contributed by atoms with Crippen molar-refractivity contribution in [1.29, 1.82) is 0 Å². The van der Waals surface area contributed by atoms with E-state index in [1.165, 1.54) is 6.26 Å². The molecule has 18 heavy (non-hydrogen) atoms. The van der Waals surface area contributed by atoms with E-state index in [9.17, 15) is 13.5 Å². The highest BCUT2D eigenvalue weighted by molar-refractivity contribution is 7.90. The summed E-state index contributed by atoms with van der Waals surface area (Å²) in [6.45, 7) is 3.89. The Kier molecular flexibility index (Phi) is 5.16. The number of sulfone groups is 1. The minimum atomic E-state index is -2.94. The first-order valence-corrected chi connectivity index (χ1v) is 8.04. The van der Waals surface area contributed by atoms with Gasteiger partial charge in [0.1, 0.15) is 15.6 Å². The molecule has 1 aromatic rings. The fraction of sp³-hybridized carbons (Fsp3) is 0.538. The quantitative estimate of drug-likeness (QED) is 0.819. The molecule has 0 spiro atoms. The van der Waals surface area contributed by atoms with Gasteiger partial charge in [-0.25, -0.2) is 8.42 Å². The Labute approximate surface area is 109 Å². The highest BCUT2D eigenvalue weighted by Crippen LogP contribution is 2.11. The fourth-order valence-corrected chi connectivity index (χ4v) is 3.04. The van der Waals surface area contributed by atoms with E-state index in [0.29, 0.717) is 0 Å². The molecular formula is C13H21NO3S. The first-order chi connectivity index (χ1) is 8.26. The predicted octanol–water partition coefficient (Wildman–Crippen LogP) is 1.35. The lowest BCUT2D eigenvalue weighted by Crippen LogP contribution is -2.39. The van der Waals surface area contributed by atoms with Gasteiger partial charge < -0.3 is 10.4 Å². The molecule has 2 atom stereocenters. The maximum atomic E-state index is 11.2. The van der Waals surface area contributed by atoms with Crippen molar-refractivity contribution < 1.29 is 13.5 Å². The van der Waals surface area contributed by atoms with Crippen LogP contribution in [0, 0.1) is 0 Å². The molecule has 0 amide bonds. The van der Waals surface area contributed by atoms with E-state index in [0.717, 1.165) is 12.0 Å². The minimum absolute atomic E-state index is 0.0629. The SMILES string of the molecule is CC(Cc1ccc(O)cc1)NC(C)CS(C)(=O)=O. The summed E-state index contributed by atoms with van der Waals surface area (Å²) in [6, 6.07) is 7.17. The van der Waals surface area contributed by atoms with E-state index in [1.54, 1.807) is 12.1 Å². The highest BCUT2D eigenvalue weighted by atomic mass is 32.2. The maximum absolute atomic E-state index is 11.2. The zero-order valence-electron chi connectivity index (χ0n) is 11.1. The topological polar surface area (TPSA) is 66.4 Å². The maximum Gasteiger partial charge on any atom is 0.148 e. The minimum Gasteiger partial charge on any atom is -0.508 e. The first-order valence-electron chi connectivity index (χ1n) is 5.98. The second-order valence-electron chi connectivity index (χ2n) is 4.93. The summed E-state index contributed by atoms with van der Waals surface area (Å²) >= 11 is 0. The Morgan fingerprint density at radius 1 is 1.17 bits per heavy atom. The molecule has 0 aromatic heterocycles. The molecule has 0 saturated carbocycles. The Hall–Kier alpha value is -1.07. The van der Waals surface area contributed by atoms with Crippen LogP contribution in [0.4, 0.5) is 0 Å². The average molecular weight is 271 g/mol. The smallest absolute Gasteiger partial charge is 0.148 e. The van der Waals surface area contributed by atoms with Gasteiger partial charge in [0.05, 0.1) is 5.75 Å². The number of aromatic hydroxyl groups is 1. The van der Waals surface area contributed by atoms with E-state index < -0.39 is 9.84 Å².